The maximum Gasteiger partial charge on any atom is -0.00928 e. The van der Waals surface area contributed by atoms with Gasteiger partial charge in [0.25, 0.3) is 0 Å². The number of hydrogen-bond donors (Lipinski definition) is 0. The van der Waals surface area contributed by atoms with Crippen LogP contribution in [0, 0.1) is 13.8 Å². The molecule has 9 rings (SSSR count). The Hall–Kier alpha value is -6.50. The molecule has 0 heteroatoms. The van der Waals surface area contributed by atoms with E-state index in [0.29, 0.717) is 0 Å². The van der Waals surface area contributed by atoms with Crippen LogP contribution in [0.15, 0.2) is 158 Å². The fraction of sp³-hybridized carbons (Fsp3) is 0.405. The molecule has 0 aliphatic carbocycles. The maximum absolute atomic E-state index is 2.69. The zero-order valence-corrected chi connectivity index (χ0v) is 53.0. The van der Waals surface area contributed by atoms with Gasteiger partial charge in [0.1, 0.15) is 0 Å². The molecule has 0 bridgehead atoms. The molecule has 0 saturated heterocycles. The highest BCUT2D eigenvalue weighted by Gasteiger charge is 2.19. The number of fused-ring (bicyclic) bond motifs is 6. The van der Waals surface area contributed by atoms with Crippen LogP contribution in [-0.2, 0) is 25.7 Å². The Morgan fingerprint density at radius 3 is 1.04 bits per heavy atom. The molecule has 0 saturated carbocycles. The Kier molecular flexibility index (Phi) is 24.1. The molecule has 0 nitrogen and oxygen atoms in total. The summed E-state index contributed by atoms with van der Waals surface area (Å²) >= 11 is 0. The quantitative estimate of drug-likeness (QED) is 0.0214. The number of rotatable bonds is 34. The molecule has 84 heavy (non-hydrogen) atoms. The minimum atomic E-state index is 1.08. The minimum absolute atomic E-state index is 1.08. The number of benzene rings is 9. The lowest BCUT2D eigenvalue weighted by molar-refractivity contribution is 0.605. The largest absolute Gasteiger partial charge is 0.0654 e. The Morgan fingerprint density at radius 2 is 0.583 bits per heavy atom. The monoisotopic (exact) mass is 1110 g/mol. The summed E-state index contributed by atoms with van der Waals surface area (Å²) in [6.07, 6.45) is 40.2. The zero-order chi connectivity index (χ0) is 58.3. The van der Waals surface area contributed by atoms with Crippen LogP contribution in [0.4, 0.5) is 0 Å². The molecular formula is C84H102. The highest BCUT2D eigenvalue weighted by molar-refractivity contribution is 6.25. The smallest absolute Gasteiger partial charge is 0.00928 e. The molecule has 0 spiro atoms. The summed E-state index contributed by atoms with van der Waals surface area (Å²) in [6.45, 7) is 13.9. The molecule has 0 fully saturated rings. The van der Waals surface area contributed by atoms with E-state index in [1.54, 1.807) is 0 Å². The molecule has 9 aromatic carbocycles. The van der Waals surface area contributed by atoms with E-state index in [9.17, 15) is 0 Å². The predicted molar refractivity (Wildman–Crippen MR) is 374 cm³/mol. The summed E-state index contributed by atoms with van der Waals surface area (Å²) in [5.41, 5.74) is 22.3. The summed E-state index contributed by atoms with van der Waals surface area (Å²) in [5.74, 6) is 0. The predicted octanol–water partition coefficient (Wildman–Crippen LogP) is 26.2. The van der Waals surface area contributed by atoms with Gasteiger partial charge in [-0.25, -0.2) is 0 Å². The van der Waals surface area contributed by atoms with Crippen molar-refractivity contribution in [3.63, 3.8) is 0 Å². The average molecular weight is 1110 g/mol. The van der Waals surface area contributed by atoms with Crippen molar-refractivity contribution in [2.45, 2.75) is 221 Å². The molecule has 438 valence electrons. The third kappa shape index (κ3) is 16.9. The Labute approximate surface area is 509 Å². The maximum atomic E-state index is 2.69. The first kappa shape index (κ1) is 62.0. The van der Waals surface area contributed by atoms with E-state index in [0.717, 1.165) is 25.7 Å². The van der Waals surface area contributed by atoms with Crippen molar-refractivity contribution in [3.05, 3.63) is 202 Å². The van der Waals surface area contributed by atoms with Gasteiger partial charge in [-0.3, -0.25) is 0 Å². The van der Waals surface area contributed by atoms with Crippen molar-refractivity contribution in [1.82, 2.24) is 0 Å². The van der Waals surface area contributed by atoms with E-state index in [2.05, 4.69) is 211 Å². The standard InChI is InChI=1S/C84H102/c1-7-11-15-19-23-27-35-68-59-82(70(55-64(68)6)36-28-24-20-16-12-8-2)74-56-73(69-53-54-80-78-41-32-31-39-76(78)77-40-33-34-42-79(77)84(80)60-69)57-75(58-74)83-62-71(37-29-25-21-17-13-9-3)81(61-72(83)38-30-26-22-18-14-10-4)67-51-49-66(50-52-67)48-47-65-45-43-63(5)44-46-65/h31-34,39-62H,7-30,35-38H2,1-6H3/b48-47+. The van der Waals surface area contributed by atoms with E-state index >= 15 is 0 Å². The highest BCUT2D eigenvalue weighted by atomic mass is 14.2. The Balaban J connectivity index is 1.22. The fourth-order valence-corrected chi connectivity index (χ4v) is 13.4. The second kappa shape index (κ2) is 32.7. The molecule has 0 heterocycles. The summed E-state index contributed by atoms with van der Waals surface area (Å²) in [5, 5.41) is 7.98. The third-order valence-electron chi connectivity index (χ3n) is 18.5. The molecule has 0 aliphatic heterocycles. The first-order valence-electron chi connectivity index (χ1n) is 34.0. The fourth-order valence-electron chi connectivity index (χ4n) is 13.4. The molecule has 0 N–H and O–H groups in total. The van der Waals surface area contributed by atoms with Crippen molar-refractivity contribution in [3.8, 4) is 44.5 Å². The molecule has 0 aliphatic rings. The highest BCUT2D eigenvalue weighted by Crippen LogP contribution is 2.43. The van der Waals surface area contributed by atoms with E-state index < -0.39 is 0 Å². The zero-order valence-electron chi connectivity index (χ0n) is 53.0. The SMILES string of the molecule is CCCCCCCCc1cc(-c2cc(-c3ccc4c5ccccc5c5ccccc5c4c3)cc(-c3cc(CCCCCCCC)c(-c4ccc(/C=C/c5ccc(C)cc5)cc4)cc3CCCCCCCC)c2)c(CCCCCCCC)cc1C. The average Bonchev–Trinajstić information content (AvgIpc) is 2.44. The molecule has 9 aromatic rings. The molecule has 0 radical (unpaired) electrons. The molecule has 0 unspecified atom stereocenters. The first-order valence-corrected chi connectivity index (χ1v) is 34.0. The summed E-state index contributed by atoms with van der Waals surface area (Å²) in [6, 6.07) is 62.3. The van der Waals surface area contributed by atoms with Gasteiger partial charge in [-0.1, -0.05) is 307 Å². The second-order valence-corrected chi connectivity index (χ2v) is 25.2. The lowest BCUT2D eigenvalue weighted by Gasteiger charge is -2.21. The normalized spacial score (nSPS) is 11.8. The van der Waals surface area contributed by atoms with Crippen LogP contribution in [0.3, 0.4) is 0 Å². The second-order valence-electron chi connectivity index (χ2n) is 25.2. The lowest BCUT2D eigenvalue weighted by atomic mass is 9.83. The Bertz CT molecular complexity index is 3470. The van der Waals surface area contributed by atoms with Crippen molar-refractivity contribution in [2.75, 3.05) is 0 Å². The van der Waals surface area contributed by atoms with E-state index in [1.165, 1.54) is 275 Å². The van der Waals surface area contributed by atoms with Gasteiger partial charge in [-0.2, -0.15) is 0 Å². The topological polar surface area (TPSA) is 0 Å². The lowest BCUT2D eigenvalue weighted by Crippen LogP contribution is -2.01. The van der Waals surface area contributed by atoms with Gasteiger partial charge in [0.05, 0.1) is 0 Å². The summed E-state index contributed by atoms with van der Waals surface area (Å²) in [7, 11) is 0. The van der Waals surface area contributed by atoms with Crippen LogP contribution in [0.1, 0.15) is 226 Å². The molecular weight excluding hydrogens is 1010 g/mol. The first-order chi connectivity index (χ1) is 41.3. The van der Waals surface area contributed by atoms with Crippen LogP contribution < -0.4 is 0 Å². The number of unbranched alkanes of at least 4 members (excludes halogenated alkanes) is 20. The van der Waals surface area contributed by atoms with Crippen molar-refractivity contribution in [1.29, 1.82) is 0 Å². The van der Waals surface area contributed by atoms with Gasteiger partial charge in [-0.15, -0.1) is 0 Å². The van der Waals surface area contributed by atoms with Crippen LogP contribution >= 0.6 is 0 Å². The number of aryl methyl sites for hydroxylation is 6. The Morgan fingerprint density at radius 1 is 0.250 bits per heavy atom. The molecule has 0 aromatic heterocycles. The van der Waals surface area contributed by atoms with E-state index in [4.69, 9.17) is 0 Å². The van der Waals surface area contributed by atoms with Crippen LogP contribution in [0.2, 0.25) is 0 Å². The third-order valence-corrected chi connectivity index (χ3v) is 18.5. The minimum Gasteiger partial charge on any atom is -0.0654 e. The van der Waals surface area contributed by atoms with Crippen molar-refractivity contribution >= 4 is 44.5 Å². The van der Waals surface area contributed by atoms with Gasteiger partial charge >= 0.3 is 0 Å². The molecule has 0 atom stereocenters. The number of hydrogen-bond acceptors (Lipinski definition) is 0. The van der Waals surface area contributed by atoms with Crippen LogP contribution in [-0.4, -0.2) is 0 Å². The van der Waals surface area contributed by atoms with Crippen LogP contribution in [0.5, 0.6) is 0 Å². The summed E-state index contributed by atoms with van der Waals surface area (Å²) in [4.78, 5) is 0. The van der Waals surface area contributed by atoms with Gasteiger partial charge in [0, 0.05) is 0 Å². The summed E-state index contributed by atoms with van der Waals surface area (Å²) < 4.78 is 0. The van der Waals surface area contributed by atoms with Gasteiger partial charge in [0.2, 0.25) is 0 Å². The van der Waals surface area contributed by atoms with Gasteiger partial charge < -0.3 is 0 Å². The van der Waals surface area contributed by atoms with Gasteiger partial charge in [-0.05, 0) is 205 Å². The van der Waals surface area contributed by atoms with E-state index in [-0.39, 0.29) is 0 Å². The van der Waals surface area contributed by atoms with Crippen molar-refractivity contribution in [2.24, 2.45) is 0 Å². The van der Waals surface area contributed by atoms with Gasteiger partial charge in [0.15, 0.2) is 0 Å². The van der Waals surface area contributed by atoms with Crippen LogP contribution in [0.25, 0.3) is 89.0 Å². The molecule has 0 amide bonds. The van der Waals surface area contributed by atoms with Crippen molar-refractivity contribution < 1.29 is 0 Å². The van der Waals surface area contributed by atoms with E-state index in [1.807, 2.05) is 0 Å².